The molecule has 5 heteroatoms. The first-order valence-corrected chi connectivity index (χ1v) is 7.38. The Morgan fingerprint density at radius 3 is 2.47 bits per heavy atom. The molecule has 0 heterocycles. The number of hydrogen-bond donors (Lipinski definition) is 1. The Hall–Kier alpha value is -1.08. The Kier molecular flexibility index (Phi) is 4.81. The van der Waals surface area contributed by atoms with Gasteiger partial charge in [-0.2, -0.15) is 0 Å². The van der Waals surface area contributed by atoms with Gasteiger partial charge in [0.2, 0.25) is 0 Å². The minimum Gasteiger partial charge on any atom is -0.496 e. The van der Waals surface area contributed by atoms with Crippen molar-refractivity contribution >= 4 is 50.1 Å². The molecule has 0 saturated heterocycles. The number of methoxy groups -OCH3 is 1. The number of benzene rings is 2. The van der Waals surface area contributed by atoms with Gasteiger partial charge in [-0.15, -0.1) is 0 Å². The molecule has 0 aromatic heterocycles. The molecule has 3 nitrogen and oxygen atoms in total. The number of halogens is 2. The Labute approximate surface area is 133 Å². The molecule has 0 saturated carbocycles. The van der Waals surface area contributed by atoms with Crippen LogP contribution in [0.25, 0.3) is 0 Å². The molecule has 98 valence electrons. The number of hydrogen-bond acceptors (Lipinski definition) is 2. The van der Waals surface area contributed by atoms with Gasteiger partial charge >= 0.3 is 0 Å². The van der Waals surface area contributed by atoms with Crippen molar-refractivity contribution in [2.45, 2.75) is 0 Å². The summed E-state index contributed by atoms with van der Waals surface area (Å²) in [6.07, 6.45) is 0. The Balaban J connectivity index is 2.14. The van der Waals surface area contributed by atoms with E-state index in [0.717, 1.165) is 19.5 Å². The maximum atomic E-state index is 12.0. The molecule has 19 heavy (non-hydrogen) atoms. The van der Waals surface area contributed by atoms with Crippen LogP contribution in [0.3, 0.4) is 0 Å². The maximum absolute atomic E-state index is 12.0. The minimum atomic E-state index is -0.131. The molecule has 2 rings (SSSR count). The number of anilines is 1. The van der Waals surface area contributed by atoms with E-state index in [0.29, 0.717) is 5.56 Å². The Morgan fingerprint density at radius 2 is 1.89 bits per heavy atom. The van der Waals surface area contributed by atoms with Crippen LogP contribution in [0, 0.1) is 3.57 Å². The van der Waals surface area contributed by atoms with Crippen molar-refractivity contribution in [3.63, 3.8) is 0 Å². The fraction of sp³-hybridized carbons (Fsp3) is 0.0714. The summed E-state index contributed by atoms with van der Waals surface area (Å²) in [7, 11) is 1.60. The average molecular weight is 432 g/mol. The number of ether oxygens (including phenoxy) is 1. The number of rotatable bonds is 3. The molecule has 0 spiro atoms. The first-order valence-electron chi connectivity index (χ1n) is 5.50. The number of carbonyl (C=O) groups is 1. The van der Waals surface area contributed by atoms with Crippen molar-refractivity contribution in [2.75, 3.05) is 12.4 Å². The third-order valence-corrected chi connectivity index (χ3v) is 3.85. The molecule has 0 aliphatic rings. The van der Waals surface area contributed by atoms with Gasteiger partial charge in [0.1, 0.15) is 5.75 Å². The van der Waals surface area contributed by atoms with Gasteiger partial charge in [-0.05, 0) is 81.0 Å². The van der Waals surface area contributed by atoms with Crippen LogP contribution in [0.1, 0.15) is 10.4 Å². The summed E-state index contributed by atoms with van der Waals surface area (Å²) in [6.45, 7) is 0. The van der Waals surface area contributed by atoms with E-state index in [9.17, 15) is 4.79 Å². The molecule has 0 bridgehead atoms. The van der Waals surface area contributed by atoms with Crippen LogP contribution in [-0.4, -0.2) is 13.0 Å². The largest absolute Gasteiger partial charge is 0.496 e. The average Bonchev–Trinajstić information content (AvgIpc) is 2.39. The third-order valence-electron chi connectivity index (χ3n) is 2.52. The van der Waals surface area contributed by atoms with Gasteiger partial charge in [-0.1, -0.05) is 0 Å². The lowest BCUT2D eigenvalue weighted by atomic mass is 10.2. The second-order valence-electron chi connectivity index (χ2n) is 3.81. The summed E-state index contributed by atoms with van der Waals surface area (Å²) < 4.78 is 7.04. The van der Waals surface area contributed by atoms with Gasteiger partial charge in [0.25, 0.3) is 5.91 Å². The van der Waals surface area contributed by atoms with Crippen LogP contribution in [0.4, 0.5) is 5.69 Å². The van der Waals surface area contributed by atoms with Gasteiger partial charge in [0.15, 0.2) is 0 Å². The molecule has 0 unspecified atom stereocenters. The van der Waals surface area contributed by atoms with Crippen molar-refractivity contribution < 1.29 is 9.53 Å². The van der Waals surface area contributed by atoms with Crippen molar-refractivity contribution in [3.8, 4) is 5.75 Å². The highest BCUT2D eigenvalue weighted by Crippen LogP contribution is 2.27. The summed E-state index contributed by atoms with van der Waals surface area (Å²) in [5.74, 6) is 0.598. The molecular formula is C14H11BrINO2. The molecule has 1 amide bonds. The van der Waals surface area contributed by atoms with Crippen LogP contribution in [0.15, 0.2) is 46.9 Å². The van der Waals surface area contributed by atoms with Crippen LogP contribution >= 0.6 is 38.5 Å². The van der Waals surface area contributed by atoms with Crippen LogP contribution in [-0.2, 0) is 0 Å². The molecule has 0 aliphatic carbocycles. The van der Waals surface area contributed by atoms with Gasteiger partial charge in [0.05, 0.1) is 11.6 Å². The van der Waals surface area contributed by atoms with E-state index < -0.39 is 0 Å². The molecule has 0 atom stereocenters. The highest BCUT2D eigenvalue weighted by Gasteiger charge is 2.07. The second-order valence-corrected chi connectivity index (χ2v) is 5.91. The van der Waals surface area contributed by atoms with Crippen LogP contribution in [0.2, 0.25) is 0 Å². The standard InChI is InChI=1S/C14H11BrINO2/c1-19-13-7-6-11(8-12(13)15)17-14(18)9-2-4-10(16)5-3-9/h2-8H,1H3,(H,17,18). The van der Waals surface area contributed by atoms with E-state index in [-0.39, 0.29) is 5.91 Å². The smallest absolute Gasteiger partial charge is 0.255 e. The SMILES string of the molecule is COc1ccc(NC(=O)c2ccc(I)cc2)cc1Br. The molecule has 2 aromatic carbocycles. The summed E-state index contributed by atoms with van der Waals surface area (Å²) >= 11 is 5.59. The highest BCUT2D eigenvalue weighted by atomic mass is 127. The molecule has 2 aromatic rings. The lowest BCUT2D eigenvalue weighted by molar-refractivity contribution is 0.102. The van der Waals surface area contributed by atoms with Crippen molar-refractivity contribution in [1.29, 1.82) is 0 Å². The topological polar surface area (TPSA) is 38.3 Å². The maximum Gasteiger partial charge on any atom is 0.255 e. The zero-order valence-electron chi connectivity index (χ0n) is 10.1. The molecule has 1 N–H and O–H groups in total. The summed E-state index contributed by atoms with van der Waals surface area (Å²) in [6, 6.07) is 12.8. The van der Waals surface area contributed by atoms with Gasteiger partial charge in [-0.25, -0.2) is 0 Å². The number of amides is 1. The Morgan fingerprint density at radius 1 is 1.21 bits per heavy atom. The van der Waals surface area contributed by atoms with Crippen molar-refractivity contribution in [2.24, 2.45) is 0 Å². The first-order chi connectivity index (χ1) is 9.10. The van der Waals surface area contributed by atoms with Gasteiger partial charge in [0, 0.05) is 14.8 Å². The predicted octanol–water partition coefficient (Wildman–Crippen LogP) is 4.31. The first kappa shape index (κ1) is 14.3. The zero-order chi connectivity index (χ0) is 13.8. The normalized spacial score (nSPS) is 10.1. The lowest BCUT2D eigenvalue weighted by Crippen LogP contribution is -2.11. The van der Waals surface area contributed by atoms with Gasteiger partial charge in [-0.3, -0.25) is 4.79 Å². The fourth-order valence-corrected chi connectivity index (χ4v) is 2.45. The zero-order valence-corrected chi connectivity index (χ0v) is 13.9. The summed E-state index contributed by atoms with van der Waals surface area (Å²) in [5, 5.41) is 2.84. The van der Waals surface area contributed by atoms with Crippen LogP contribution in [0.5, 0.6) is 5.75 Å². The van der Waals surface area contributed by atoms with E-state index in [1.807, 2.05) is 18.2 Å². The Bertz CT molecular complexity index is 599. The van der Waals surface area contributed by atoms with Crippen molar-refractivity contribution in [1.82, 2.24) is 0 Å². The summed E-state index contributed by atoms with van der Waals surface area (Å²) in [5.41, 5.74) is 1.35. The highest BCUT2D eigenvalue weighted by molar-refractivity contribution is 14.1. The lowest BCUT2D eigenvalue weighted by Gasteiger charge is -2.08. The van der Waals surface area contributed by atoms with Crippen molar-refractivity contribution in [3.05, 3.63) is 56.1 Å². The molecule has 0 radical (unpaired) electrons. The van der Waals surface area contributed by atoms with E-state index >= 15 is 0 Å². The fourth-order valence-electron chi connectivity index (χ4n) is 1.55. The third kappa shape index (κ3) is 3.70. The number of carbonyl (C=O) groups excluding carboxylic acids is 1. The monoisotopic (exact) mass is 431 g/mol. The molecule has 0 aliphatic heterocycles. The quantitative estimate of drug-likeness (QED) is 0.735. The predicted molar refractivity (Wildman–Crippen MR) is 87.8 cm³/mol. The van der Waals surface area contributed by atoms with Crippen LogP contribution < -0.4 is 10.1 Å². The second kappa shape index (κ2) is 6.38. The molecular weight excluding hydrogens is 421 g/mol. The van der Waals surface area contributed by atoms with E-state index in [1.165, 1.54) is 0 Å². The number of nitrogens with one attached hydrogen (secondary N) is 1. The summed E-state index contributed by atoms with van der Waals surface area (Å²) in [4.78, 5) is 12.0. The van der Waals surface area contributed by atoms with E-state index in [2.05, 4.69) is 43.8 Å². The van der Waals surface area contributed by atoms with E-state index in [1.54, 1.807) is 31.4 Å². The van der Waals surface area contributed by atoms with Gasteiger partial charge < -0.3 is 10.1 Å². The minimum absolute atomic E-state index is 0.131. The van der Waals surface area contributed by atoms with E-state index in [4.69, 9.17) is 4.74 Å². The molecule has 0 fully saturated rings.